The Morgan fingerprint density at radius 2 is 1.82 bits per heavy atom. The maximum absolute atomic E-state index is 12.8. The molecular formula is C25H25N5O2S. The number of nitrogens with zero attached hydrogens (tertiary/aromatic N) is 3. The van der Waals surface area contributed by atoms with E-state index in [0.717, 1.165) is 35.5 Å². The summed E-state index contributed by atoms with van der Waals surface area (Å²) in [6.07, 6.45) is 3.37. The normalized spacial score (nSPS) is 10.7. The van der Waals surface area contributed by atoms with E-state index < -0.39 is 0 Å². The maximum Gasteiger partial charge on any atom is 0.260 e. The molecule has 168 valence electrons. The Kier molecular flexibility index (Phi) is 6.95. The van der Waals surface area contributed by atoms with Gasteiger partial charge < -0.3 is 5.32 Å². The lowest BCUT2D eigenvalue weighted by Gasteiger charge is -2.05. The minimum Gasteiger partial charge on any atom is -0.356 e. The number of carbonyl (C=O) groups is 2. The van der Waals surface area contributed by atoms with Gasteiger partial charge in [-0.1, -0.05) is 42.5 Å². The van der Waals surface area contributed by atoms with Gasteiger partial charge >= 0.3 is 0 Å². The van der Waals surface area contributed by atoms with E-state index in [2.05, 4.69) is 32.8 Å². The molecule has 0 saturated carbocycles. The van der Waals surface area contributed by atoms with Crippen LogP contribution in [0.25, 0.3) is 16.9 Å². The standard InChI is InChI=1S/C25H25N5O2S/c1-17-22(15-27-30(17)21-8-4-3-5-9-21)24(32)29-25-28-23(16-33-25)20-12-10-19(11-13-20)7-6-14-26-18(2)31/h3-5,8-13,15-16H,6-7,14H2,1-2H3,(H,26,31)(H,28,29,32). The number of carbonyl (C=O) groups excluding carboxylic acids is 2. The van der Waals surface area contributed by atoms with Crippen LogP contribution in [0.3, 0.4) is 0 Å². The smallest absolute Gasteiger partial charge is 0.260 e. The maximum atomic E-state index is 12.8. The molecule has 0 bridgehead atoms. The van der Waals surface area contributed by atoms with E-state index in [4.69, 9.17) is 0 Å². The van der Waals surface area contributed by atoms with Crippen LogP contribution in [-0.2, 0) is 11.2 Å². The summed E-state index contributed by atoms with van der Waals surface area (Å²) in [4.78, 5) is 28.3. The minimum absolute atomic E-state index is 0.00281. The summed E-state index contributed by atoms with van der Waals surface area (Å²) in [6.45, 7) is 4.08. The molecule has 2 heterocycles. The van der Waals surface area contributed by atoms with Crippen molar-refractivity contribution < 1.29 is 9.59 Å². The van der Waals surface area contributed by atoms with Crippen molar-refractivity contribution in [3.63, 3.8) is 0 Å². The van der Waals surface area contributed by atoms with E-state index in [-0.39, 0.29) is 11.8 Å². The zero-order valence-electron chi connectivity index (χ0n) is 18.5. The molecule has 2 aromatic carbocycles. The highest BCUT2D eigenvalue weighted by Crippen LogP contribution is 2.26. The van der Waals surface area contributed by atoms with Crippen LogP contribution in [0.2, 0.25) is 0 Å². The Morgan fingerprint density at radius 1 is 1.06 bits per heavy atom. The number of aromatic nitrogens is 3. The molecule has 0 unspecified atom stereocenters. The van der Waals surface area contributed by atoms with E-state index in [1.54, 1.807) is 10.9 Å². The molecule has 0 fully saturated rings. The molecule has 0 saturated heterocycles. The van der Waals surface area contributed by atoms with Gasteiger partial charge in [0, 0.05) is 24.4 Å². The van der Waals surface area contributed by atoms with E-state index in [9.17, 15) is 9.59 Å². The average molecular weight is 460 g/mol. The van der Waals surface area contributed by atoms with Gasteiger partial charge in [0.25, 0.3) is 5.91 Å². The molecule has 0 spiro atoms. The van der Waals surface area contributed by atoms with Gasteiger partial charge in [-0.2, -0.15) is 5.10 Å². The van der Waals surface area contributed by atoms with Gasteiger partial charge in [-0.15, -0.1) is 11.3 Å². The summed E-state index contributed by atoms with van der Waals surface area (Å²) >= 11 is 1.39. The van der Waals surface area contributed by atoms with E-state index in [0.29, 0.717) is 17.2 Å². The van der Waals surface area contributed by atoms with Gasteiger partial charge in [-0.3, -0.25) is 14.9 Å². The first-order valence-corrected chi connectivity index (χ1v) is 11.6. The molecule has 0 atom stereocenters. The molecule has 4 aromatic rings. The van der Waals surface area contributed by atoms with Crippen LogP contribution in [0.1, 0.15) is 35.0 Å². The van der Waals surface area contributed by atoms with Crippen molar-refractivity contribution >= 4 is 28.3 Å². The Balaban J connectivity index is 1.38. The van der Waals surface area contributed by atoms with Crippen LogP contribution in [0.15, 0.2) is 66.2 Å². The van der Waals surface area contributed by atoms with E-state index in [1.807, 2.05) is 54.8 Å². The second kappa shape index (κ2) is 10.2. The number of rotatable bonds is 8. The molecular weight excluding hydrogens is 434 g/mol. The third kappa shape index (κ3) is 5.53. The first-order valence-electron chi connectivity index (χ1n) is 10.7. The van der Waals surface area contributed by atoms with Gasteiger partial charge in [-0.25, -0.2) is 9.67 Å². The van der Waals surface area contributed by atoms with Gasteiger partial charge in [0.1, 0.15) is 0 Å². The lowest BCUT2D eigenvalue weighted by molar-refractivity contribution is -0.118. The quantitative estimate of drug-likeness (QED) is 0.376. The number of hydrogen-bond donors (Lipinski definition) is 2. The van der Waals surface area contributed by atoms with Gasteiger partial charge in [0.05, 0.1) is 28.8 Å². The molecule has 2 aromatic heterocycles. The molecule has 0 radical (unpaired) electrons. The SMILES string of the molecule is CC(=O)NCCCc1ccc(-c2csc(NC(=O)c3cnn(-c4ccccc4)c3C)n2)cc1. The van der Waals surface area contributed by atoms with Crippen molar-refractivity contribution in [3.05, 3.63) is 83.0 Å². The van der Waals surface area contributed by atoms with Gasteiger partial charge in [0.2, 0.25) is 5.91 Å². The Morgan fingerprint density at radius 3 is 2.55 bits per heavy atom. The summed E-state index contributed by atoms with van der Waals surface area (Å²) in [5.41, 5.74) is 5.20. The summed E-state index contributed by atoms with van der Waals surface area (Å²) in [7, 11) is 0. The number of amides is 2. The first-order chi connectivity index (χ1) is 16.0. The third-order valence-electron chi connectivity index (χ3n) is 5.25. The summed E-state index contributed by atoms with van der Waals surface area (Å²) < 4.78 is 1.75. The Hall–Kier alpha value is -3.78. The highest BCUT2D eigenvalue weighted by molar-refractivity contribution is 7.14. The number of aryl methyl sites for hydroxylation is 1. The molecule has 2 amide bonds. The van der Waals surface area contributed by atoms with Crippen molar-refractivity contribution in [2.45, 2.75) is 26.7 Å². The topological polar surface area (TPSA) is 88.9 Å². The highest BCUT2D eigenvalue weighted by Gasteiger charge is 2.17. The molecule has 0 aliphatic rings. The van der Waals surface area contributed by atoms with Crippen LogP contribution in [0, 0.1) is 6.92 Å². The Bertz CT molecular complexity index is 1250. The van der Waals surface area contributed by atoms with Crippen LogP contribution in [0.4, 0.5) is 5.13 Å². The van der Waals surface area contributed by atoms with Crippen LogP contribution < -0.4 is 10.6 Å². The molecule has 0 aliphatic carbocycles. The number of thiazole rings is 1. The monoisotopic (exact) mass is 459 g/mol. The molecule has 2 N–H and O–H groups in total. The van der Waals surface area contributed by atoms with Crippen molar-refractivity contribution in [1.29, 1.82) is 0 Å². The van der Waals surface area contributed by atoms with Gasteiger partial charge in [-0.05, 0) is 37.5 Å². The molecule has 7 nitrogen and oxygen atoms in total. The third-order valence-corrected chi connectivity index (χ3v) is 6.00. The fourth-order valence-electron chi connectivity index (χ4n) is 3.49. The van der Waals surface area contributed by atoms with Crippen molar-refractivity contribution in [1.82, 2.24) is 20.1 Å². The zero-order chi connectivity index (χ0) is 23.2. The molecule has 33 heavy (non-hydrogen) atoms. The van der Waals surface area contributed by atoms with Crippen molar-refractivity contribution in [3.8, 4) is 16.9 Å². The average Bonchev–Trinajstić information content (AvgIpc) is 3.44. The number of nitrogens with one attached hydrogen (secondary N) is 2. The lowest BCUT2D eigenvalue weighted by Crippen LogP contribution is -2.21. The van der Waals surface area contributed by atoms with E-state index in [1.165, 1.54) is 23.8 Å². The highest BCUT2D eigenvalue weighted by atomic mass is 32.1. The van der Waals surface area contributed by atoms with Crippen LogP contribution in [-0.4, -0.2) is 33.1 Å². The summed E-state index contributed by atoms with van der Waals surface area (Å²) in [6, 6.07) is 17.9. The van der Waals surface area contributed by atoms with Crippen LogP contribution >= 0.6 is 11.3 Å². The predicted octanol–water partition coefficient (Wildman–Crippen LogP) is 4.63. The largest absolute Gasteiger partial charge is 0.356 e. The minimum atomic E-state index is -0.231. The number of para-hydroxylation sites is 1. The predicted molar refractivity (Wildman–Crippen MR) is 131 cm³/mol. The number of hydrogen-bond acceptors (Lipinski definition) is 5. The summed E-state index contributed by atoms with van der Waals surface area (Å²) in [5, 5.41) is 12.5. The van der Waals surface area contributed by atoms with Crippen LogP contribution in [0.5, 0.6) is 0 Å². The molecule has 0 aliphatic heterocycles. The second-order valence-corrected chi connectivity index (χ2v) is 8.52. The second-order valence-electron chi connectivity index (χ2n) is 7.67. The Labute approximate surface area is 196 Å². The van der Waals surface area contributed by atoms with Crippen molar-refractivity contribution in [2.24, 2.45) is 0 Å². The number of anilines is 1. The fourth-order valence-corrected chi connectivity index (χ4v) is 4.20. The fraction of sp³-hybridized carbons (Fsp3) is 0.200. The van der Waals surface area contributed by atoms with Crippen molar-refractivity contribution in [2.75, 3.05) is 11.9 Å². The van der Waals surface area contributed by atoms with E-state index >= 15 is 0 Å². The zero-order valence-corrected chi connectivity index (χ0v) is 19.4. The summed E-state index contributed by atoms with van der Waals surface area (Å²) in [5.74, 6) is -0.234. The van der Waals surface area contributed by atoms with Gasteiger partial charge in [0.15, 0.2) is 5.13 Å². The lowest BCUT2D eigenvalue weighted by atomic mass is 10.1. The first kappa shape index (κ1) is 22.4. The molecule has 8 heteroatoms. The number of benzene rings is 2. The molecule has 4 rings (SSSR count).